The van der Waals surface area contributed by atoms with Crippen molar-refractivity contribution in [2.75, 3.05) is 29.9 Å². The van der Waals surface area contributed by atoms with Gasteiger partial charge in [0.15, 0.2) is 0 Å². The highest BCUT2D eigenvalue weighted by molar-refractivity contribution is 5.89. The molecule has 2 rings (SSSR count). The molecule has 0 radical (unpaired) electrons. The van der Waals surface area contributed by atoms with Crippen LogP contribution in [0, 0.1) is 11.7 Å². The number of aliphatic hydroxyl groups is 1. The molecule has 128 valence electrons. The first-order valence-corrected chi connectivity index (χ1v) is 8.22. The average Bonchev–Trinajstić information content (AvgIpc) is 2.98. The van der Waals surface area contributed by atoms with Crippen LogP contribution in [-0.2, 0) is 0 Å². The summed E-state index contributed by atoms with van der Waals surface area (Å²) in [5.41, 5.74) is 1.26. The highest BCUT2D eigenvalue weighted by Crippen LogP contribution is 2.25. The molecule has 5 nitrogen and oxygen atoms in total. The number of anilines is 2. The van der Waals surface area contributed by atoms with Gasteiger partial charge in [-0.05, 0) is 50.3 Å². The molecule has 0 saturated carbocycles. The maximum atomic E-state index is 13.8. The highest BCUT2D eigenvalue weighted by atomic mass is 19.1. The molecule has 1 aliphatic heterocycles. The van der Waals surface area contributed by atoms with Crippen LogP contribution in [0.5, 0.6) is 0 Å². The first-order valence-electron chi connectivity index (χ1n) is 8.22. The van der Waals surface area contributed by atoms with Gasteiger partial charge >= 0.3 is 6.03 Å². The van der Waals surface area contributed by atoms with Crippen LogP contribution in [0.2, 0.25) is 0 Å². The summed E-state index contributed by atoms with van der Waals surface area (Å²) < 4.78 is 13.8. The molecule has 0 aromatic heterocycles. The van der Waals surface area contributed by atoms with Gasteiger partial charge in [0.25, 0.3) is 0 Å². The molecule has 1 fully saturated rings. The Morgan fingerprint density at radius 1 is 1.30 bits per heavy atom. The first kappa shape index (κ1) is 17.5. The van der Waals surface area contributed by atoms with E-state index in [2.05, 4.69) is 15.5 Å². The number of amides is 2. The van der Waals surface area contributed by atoms with Crippen LogP contribution in [0.4, 0.5) is 20.6 Å². The van der Waals surface area contributed by atoms with Crippen LogP contribution in [0.15, 0.2) is 18.2 Å². The van der Waals surface area contributed by atoms with E-state index < -0.39 is 0 Å². The zero-order valence-electron chi connectivity index (χ0n) is 13.8. The highest BCUT2D eigenvalue weighted by Gasteiger charge is 2.15. The summed E-state index contributed by atoms with van der Waals surface area (Å²) in [6.45, 7) is 5.99. The third-order valence-corrected chi connectivity index (χ3v) is 3.97. The predicted molar refractivity (Wildman–Crippen MR) is 90.3 cm³/mol. The maximum absolute atomic E-state index is 13.8. The van der Waals surface area contributed by atoms with E-state index in [0.29, 0.717) is 18.7 Å². The second-order valence-electron chi connectivity index (χ2n) is 6.42. The van der Waals surface area contributed by atoms with Gasteiger partial charge in [-0.15, -0.1) is 0 Å². The van der Waals surface area contributed by atoms with Gasteiger partial charge in [0.1, 0.15) is 5.82 Å². The van der Waals surface area contributed by atoms with E-state index in [0.717, 1.165) is 31.6 Å². The minimum atomic E-state index is -0.388. The third kappa shape index (κ3) is 5.71. The van der Waals surface area contributed by atoms with Crippen molar-refractivity contribution >= 4 is 17.4 Å². The zero-order chi connectivity index (χ0) is 16.8. The normalized spacial score (nSPS) is 17.0. The molecule has 2 atom stereocenters. The smallest absolute Gasteiger partial charge is 0.319 e. The maximum Gasteiger partial charge on any atom is 0.319 e. The summed E-state index contributed by atoms with van der Waals surface area (Å²) in [4.78, 5) is 14.0. The van der Waals surface area contributed by atoms with Crippen LogP contribution in [0.25, 0.3) is 0 Å². The van der Waals surface area contributed by atoms with E-state index in [1.165, 1.54) is 12.1 Å². The summed E-state index contributed by atoms with van der Waals surface area (Å²) in [7, 11) is 0. The lowest BCUT2D eigenvalue weighted by molar-refractivity contribution is 0.163. The summed E-state index contributed by atoms with van der Waals surface area (Å²) >= 11 is 0. The quantitative estimate of drug-likeness (QED) is 0.754. The minimum Gasteiger partial charge on any atom is -0.393 e. The van der Waals surface area contributed by atoms with E-state index in [-0.39, 0.29) is 23.9 Å². The van der Waals surface area contributed by atoms with Crippen LogP contribution < -0.4 is 15.5 Å². The molecule has 1 saturated heterocycles. The van der Waals surface area contributed by atoms with E-state index in [9.17, 15) is 14.3 Å². The number of benzene rings is 1. The largest absolute Gasteiger partial charge is 0.393 e. The number of hydrogen-bond donors (Lipinski definition) is 3. The molecule has 0 bridgehead atoms. The SMILES string of the molecule is C[C@H](CNC(=O)Nc1cc(F)cc(N2CCCC2)c1)C[C@@H](C)O. The number of halogens is 1. The molecule has 0 spiro atoms. The van der Waals surface area contributed by atoms with E-state index >= 15 is 0 Å². The van der Waals surface area contributed by atoms with Crippen LogP contribution in [-0.4, -0.2) is 36.9 Å². The average molecular weight is 323 g/mol. The molecule has 1 aliphatic rings. The molecular weight excluding hydrogens is 297 g/mol. The second kappa shape index (κ2) is 8.15. The number of urea groups is 1. The van der Waals surface area contributed by atoms with Crippen molar-refractivity contribution < 1.29 is 14.3 Å². The lowest BCUT2D eigenvalue weighted by Crippen LogP contribution is -2.33. The molecule has 1 aromatic rings. The molecule has 1 heterocycles. The fraction of sp³-hybridized carbons (Fsp3) is 0.588. The predicted octanol–water partition coefficient (Wildman–Crippen LogP) is 2.95. The van der Waals surface area contributed by atoms with E-state index in [1.54, 1.807) is 13.0 Å². The fourth-order valence-electron chi connectivity index (χ4n) is 2.91. The Balaban J connectivity index is 1.90. The number of rotatable bonds is 6. The van der Waals surface area contributed by atoms with Crippen molar-refractivity contribution in [2.45, 2.75) is 39.2 Å². The van der Waals surface area contributed by atoms with Gasteiger partial charge in [0.2, 0.25) is 0 Å². The number of nitrogens with zero attached hydrogens (tertiary/aromatic N) is 1. The number of nitrogens with one attached hydrogen (secondary N) is 2. The van der Waals surface area contributed by atoms with E-state index in [1.807, 2.05) is 6.92 Å². The summed E-state index contributed by atoms with van der Waals surface area (Å²) in [5.74, 6) is -0.180. The monoisotopic (exact) mass is 323 g/mol. The van der Waals surface area contributed by atoms with Gasteiger partial charge < -0.3 is 20.6 Å². The van der Waals surface area contributed by atoms with Crippen LogP contribution in [0.3, 0.4) is 0 Å². The molecule has 3 N–H and O–H groups in total. The molecule has 2 amide bonds. The van der Waals surface area contributed by atoms with Crippen molar-refractivity contribution in [2.24, 2.45) is 5.92 Å². The molecular formula is C17H26FN3O2. The van der Waals surface area contributed by atoms with Crippen molar-refractivity contribution in [3.63, 3.8) is 0 Å². The van der Waals surface area contributed by atoms with Gasteiger partial charge in [0.05, 0.1) is 6.10 Å². The number of carbonyl (C=O) groups excluding carboxylic acids is 1. The van der Waals surface area contributed by atoms with Gasteiger partial charge in [0, 0.05) is 31.0 Å². The standard InChI is InChI=1S/C17H26FN3O2/c1-12(7-13(2)22)11-19-17(23)20-15-8-14(18)9-16(10-15)21-5-3-4-6-21/h8-10,12-13,22H,3-7,11H2,1-2H3,(H2,19,20,23)/t12-,13+/m0/s1. The van der Waals surface area contributed by atoms with Gasteiger partial charge in [-0.3, -0.25) is 0 Å². The van der Waals surface area contributed by atoms with Crippen molar-refractivity contribution in [1.29, 1.82) is 0 Å². The molecule has 6 heteroatoms. The van der Waals surface area contributed by atoms with Crippen molar-refractivity contribution in [3.05, 3.63) is 24.0 Å². The fourth-order valence-corrected chi connectivity index (χ4v) is 2.91. The lowest BCUT2D eigenvalue weighted by atomic mass is 10.1. The number of hydrogen-bond acceptors (Lipinski definition) is 3. The van der Waals surface area contributed by atoms with Gasteiger partial charge in [-0.25, -0.2) is 9.18 Å². The molecule has 1 aromatic carbocycles. The second-order valence-corrected chi connectivity index (χ2v) is 6.42. The van der Waals surface area contributed by atoms with Crippen molar-refractivity contribution in [3.8, 4) is 0 Å². The van der Waals surface area contributed by atoms with Gasteiger partial charge in [-0.2, -0.15) is 0 Å². The Kier molecular flexibility index (Phi) is 6.21. The summed E-state index contributed by atoms with van der Waals surface area (Å²) in [5, 5.41) is 14.7. The summed E-state index contributed by atoms with van der Waals surface area (Å²) in [6, 6.07) is 4.26. The number of aliphatic hydroxyl groups excluding tert-OH is 1. The topological polar surface area (TPSA) is 64.6 Å². The third-order valence-electron chi connectivity index (χ3n) is 3.97. The molecule has 0 unspecified atom stereocenters. The number of carbonyl (C=O) groups is 1. The first-order chi connectivity index (χ1) is 10.9. The Bertz CT molecular complexity index is 531. The molecule has 0 aliphatic carbocycles. The Morgan fingerprint density at radius 3 is 2.65 bits per heavy atom. The Morgan fingerprint density at radius 2 is 2.00 bits per heavy atom. The summed E-state index contributed by atoms with van der Waals surface area (Å²) in [6.07, 6.45) is 2.46. The van der Waals surface area contributed by atoms with E-state index in [4.69, 9.17) is 0 Å². The Labute approximate surface area is 136 Å². The molecule has 23 heavy (non-hydrogen) atoms. The zero-order valence-corrected chi connectivity index (χ0v) is 13.8. The Hall–Kier alpha value is -1.82. The van der Waals surface area contributed by atoms with Crippen LogP contribution in [0.1, 0.15) is 33.1 Å². The minimum absolute atomic E-state index is 0.174. The van der Waals surface area contributed by atoms with Gasteiger partial charge in [-0.1, -0.05) is 6.92 Å². The van der Waals surface area contributed by atoms with Crippen LogP contribution >= 0.6 is 0 Å². The lowest BCUT2D eigenvalue weighted by Gasteiger charge is -2.19. The van der Waals surface area contributed by atoms with Crippen molar-refractivity contribution in [1.82, 2.24) is 5.32 Å².